The smallest absolute Gasteiger partial charge is 0.123 e. The van der Waals surface area contributed by atoms with Crippen molar-refractivity contribution in [1.82, 2.24) is 10.2 Å². The molecule has 1 aliphatic heterocycles. The van der Waals surface area contributed by atoms with Crippen molar-refractivity contribution in [1.29, 1.82) is 0 Å². The van der Waals surface area contributed by atoms with Gasteiger partial charge in [-0.05, 0) is 43.8 Å². The van der Waals surface area contributed by atoms with E-state index in [9.17, 15) is 4.39 Å². The van der Waals surface area contributed by atoms with Gasteiger partial charge in [0.05, 0.1) is 12.7 Å². The number of hydrogen-bond acceptors (Lipinski definition) is 3. The zero-order valence-corrected chi connectivity index (χ0v) is 13.6. The van der Waals surface area contributed by atoms with E-state index in [1.54, 1.807) is 12.1 Å². The normalized spacial score (nSPS) is 21.9. The molecule has 0 amide bonds. The van der Waals surface area contributed by atoms with Crippen LogP contribution in [0.3, 0.4) is 0 Å². The molecule has 0 radical (unpaired) electrons. The van der Waals surface area contributed by atoms with Gasteiger partial charge in [0.25, 0.3) is 0 Å². The second-order valence-corrected chi connectivity index (χ2v) is 5.99. The molecule has 20 heavy (non-hydrogen) atoms. The molecular weight excluding hydrogens is 323 g/mol. The average Bonchev–Trinajstić information content (AvgIpc) is 2.48. The van der Waals surface area contributed by atoms with Crippen LogP contribution in [0.15, 0.2) is 22.7 Å². The summed E-state index contributed by atoms with van der Waals surface area (Å²) in [7, 11) is 1.94. The predicted octanol–water partition coefficient (Wildman–Crippen LogP) is 2.44. The number of hydrogen-bond donors (Lipinski definition) is 1. The highest BCUT2D eigenvalue weighted by Gasteiger charge is 2.27. The highest BCUT2D eigenvalue weighted by molar-refractivity contribution is 9.10. The minimum Gasteiger partial charge on any atom is -0.374 e. The predicted molar refractivity (Wildman–Crippen MR) is 82.5 cm³/mol. The second kappa shape index (κ2) is 7.50. The molecule has 1 saturated heterocycles. The summed E-state index contributed by atoms with van der Waals surface area (Å²) >= 11 is 3.49. The summed E-state index contributed by atoms with van der Waals surface area (Å²) in [5.41, 5.74) is 0.974. The van der Waals surface area contributed by atoms with Crippen molar-refractivity contribution in [3.8, 4) is 0 Å². The first-order chi connectivity index (χ1) is 9.63. The Labute approximate surface area is 128 Å². The lowest BCUT2D eigenvalue weighted by molar-refractivity contribution is -0.0436. The van der Waals surface area contributed by atoms with Crippen LogP contribution in [0.2, 0.25) is 0 Å². The van der Waals surface area contributed by atoms with Crippen LogP contribution in [0.1, 0.15) is 12.5 Å². The van der Waals surface area contributed by atoms with E-state index >= 15 is 0 Å². The maximum absolute atomic E-state index is 13.4. The first-order valence-corrected chi connectivity index (χ1v) is 7.88. The second-order valence-electron chi connectivity index (χ2n) is 5.14. The van der Waals surface area contributed by atoms with Crippen molar-refractivity contribution in [3.05, 3.63) is 34.1 Å². The summed E-state index contributed by atoms with van der Waals surface area (Å²) in [4.78, 5) is 2.39. The molecule has 2 unspecified atom stereocenters. The Bertz CT molecular complexity index is 444. The van der Waals surface area contributed by atoms with Gasteiger partial charge in [-0.1, -0.05) is 22.9 Å². The van der Waals surface area contributed by atoms with E-state index in [1.807, 2.05) is 7.05 Å². The topological polar surface area (TPSA) is 24.5 Å². The Balaban J connectivity index is 2.06. The highest BCUT2D eigenvalue weighted by Crippen LogP contribution is 2.21. The molecule has 2 atom stereocenters. The Morgan fingerprint density at radius 2 is 2.35 bits per heavy atom. The first-order valence-electron chi connectivity index (χ1n) is 7.09. The highest BCUT2D eigenvalue weighted by atomic mass is 79.9. The van der Waals surface area contributed by atoms with Gasteiger partial charge in [-0.15, -0.1) is 0 Å². The Hall–Kier alpha value is -0.490. The summed E-state index contributed by atoms with van der Waals surface area (Å²) in [5, 5.41) is 3.32. The fourth-order valence-electron chi connectivity index (χ4n) is 2.62. The fraction of sp³-hybridized carbons (Fsp3) is 0.600. The number of benzene rings is 1. The van der Waals surface area contributed by atoms with Crippen LogP contribution in [0.4, 0.5) is 4.39 Å². The van der Waals surface area contributed by atoms with Gasteiger partial charge in [0, 0.05) is 23.6 Å². The van der Waals surface area contributed by atoms with Gasteiger partial charge in [-0.2, -0.15) is 0 Å². The Kier molecular flexibility index (Phi) is 5.96. The molecule has 112 valence electrons. The zero-order valence-electron chi connectivity index (χ0n) is 12.0. The Morgan fingerprint density at radius 1 is 1.55 bits per heavy atom. The van der Waals surface area contributed by atoms with Crippen LogP contribution < -0.4 is 5.32 Å². The number of ether oxygens (including phenoxy) is 1. The third-order valence-corrected chi connectivity index (χ3v) is 4.67. The van der Waals surface area contributed by atoms with E-state index in [-0.39, 0.29) is 18.0 Å². The van der Waals surface area contributed by atoms with Crippen molar-refractivity contribution >= 4 is 15.9 Å². The molecule has 0 saturated carbocycles. The van der Waals surface area contributed by atoms with E-state index in [4.69, 9.17) is 4.74 Å². The summed E-state index contributed by atoms with van der Waals surface area (Å²) in [6.45, 7) is 5.89. The largest absolute Gasteiger partial charge is 0.374 e. The molecule has 1 aromatic carbocycles. The third kappa shape index (κ3) is 4.01. The van der Waals surface area contributed by atoms with E-state index in [1.165, 1.54) is 6.07 Å². The average molecular weight is 345 g/mol. The lowest BCUT2D eigenvalue weighted by atomic mass is 10.00. The molecule has 0 aromatic heterocycles. The monoisotopic (exact) mass is 344 g/mol. The van der Waals surface area contributed by atoms with Gasteiger partial charge in [0.2, 0.25) is 0 Å². The molecule has 5 heteroatoms. The molecule has 1 fully saturated rings. The van der Waals surface area contributed by atoms with Crippen LogP contribution in [0.5, 0.6) is 0 Å². The van der Waals surface area contributed by atoms with Gasteiger partial charge >= 0.3 is 0 Å². The van der Waals surface area contributed by atoms with Crippen molar-refractivity contribution in [3.63, 3.8) is 0 Å². The number of halogens is 2. The molecule has 0 spiro atoms. The van der Waals surface area contributed by atoms with Crippen LogP contribution in [-0.2, 0) is 11.2 Å². The molecular formula is C15H22BrFN2O. The summed E-state index contributed by atoms with van der Waals surface area (Å²) < 4.78 is 20.2. The molecule has 2 rings (SSSR count). The molecule has 3 nitrogen and oxygen atoms in total. The van der Waals surface area contributed by atoms with E-state index in [2.05, 4.69) is 33.1 Å². The standard InChI is InChI=1S/C15H22BrFN2O/c1-3-19-6-7-20-15(10-19)14(18-2)9-11-8-12(17)4-5-13(11)16/h4-5,8,14-15,18H,3,6-7,9-10H2,1-2H3. The number of nitrogens with zero attached hydrogens (tertiary/aromatic N) is 1. The molecule has 1 aromatic rings. The fourth-order valence-corrected chi connectivity index (χ4v) is 3.03. The lowest BCUT2D eigenvalue weighted by Gasteiger charge is -2.36. The number of likely N-dealkylation sites (N-methyl/N-ethyl adjacent to an activating group) is 2. The first kappa shape index (κ1) is 15.9. The van der Waals surface area contributed by atoms with E-state index < -0.39 is 0 Å². The maximum atomic E-state index is 13.4. The van der Waals surface area contributed by atoms with Crippen molar-refractivity contribution in [2.45, 2.75) is 25.5 Å². The number of morpholine rings is 1. The van der Waals surface area contributed by atoms with Gasteiger partial charge in [-0.25, -0.2) is 4.39 Å². The number of rotatable bonds is 5. The molecule has 0 bridgehead atoms. The van der Waals surface area contributed by atoms with Gasteiger partial charge in [-0.3, -0.25) is 4.90 Å². The number of nitrogens with one attached hydrogen (secondary N) is 1. The van der Waals surface area contributed by atoms with Crippen molar-refractivity contribution < 1.29 is 9.13 Å². The summed E-state index contributed by atoms with van der Waals surface area (Å²) in [5.74, 6) is -0.196. The minimum absolute atomic E-state index is 0.142. The van der Waals surface area contributed by atoms with Gasteiger partial charge in [0.1, 0.15) is 5.82 Å². The molecule has 1 N–H and O–H groups in total. The quantitative estimate of drug-likeness (QED) is 0.887. The van der Waals surface area contributed by atoms with Gasteiger partial charge < -0.3 is 10.1 Å². The molecule has 1 heterocycles. The van der Waals surface area contributed by atoms with Crippen LogP contribution in [0.25, 0.3) is 0 Å². The Morgan fingerprint density at radius 3 is 3.05 bits per heavy atom. The SMILES string of the molecule is CCN1CCOC(C(Cc2cc(F)ccc2Br)NC)C1. The summed E-state index contributed by atoms with van der Waals surface area (Å²) in [6, 6.07) is 5.01. The van der Waals surface area contributed by atoms with Crippen LogP contribution in [0, 0.1) is 5.82 Å². The van der Waals surface area contributed by atoms with Gasteiger partial charge in [0.15, 0.2) is 0 Å². The van der Waals surface area contributed by atoms with E-state index in [0.29, 0.717) is 0 Å². The molecule has 1 aliphatic rings. The van der Waals surface area contributed by atoms with Crippen LogP contribution in [-0.4, -0.2) is 50.3 Å². The van der Waals surface area contributed by atoms with Crippen molar-refractivity contribution in [2.75, 3.05) is 33.3 Å². The third-order valence-electron chi connectivity index (χ3n) is 3.89. The lowest BCUT2D eigenvalue weighted by Crippen LogP contribution is -2.52. The maximum Gasteiger partial charge on any atom is 0.123 e. The minimum atomic E-state index is -0.196. The zero-order chi connectivity index (χ0) is 14.5. The van der Waals surface area contributed by atoms with E-state index in [0.717, 1.165) is 42.7 Å². The molecule has 0 aliphatic carbocycles. The van der Waals surface area contributed by atoms with Crippen LogP contribution >= 0.6 is 15.9 Å². The van der Waals surface area contributed by atoms with Crippen molar-refractivity contribution in [2.24, 2.45) is 0 Å². The summed E-state index contributed by atoms with van der Waals surface area (Å²) in [6.07, 6.45) is 0.890.